The fourth-order valence-electron chi connectivity index (χ4n) is 3.33. The molecule has 2 aromatic rings. The van der Waals surface area contributed by atoms with Crippen LogP contribution in [0, 0.1) is 27.2 Å². The topological polar surface area (TPSA) is 179 Å². The number of hydrogen-bond acceptors (Lipinski definition) is 12. The van der Waals surface area contributed by atoms with Gasteiger partial charge in [0.15, 0.2) is 11.9 Å². The van der Waals surface area contributed by atoms with Gasteiger partial charge in [0.1, 0.15) is 19.3 Å². The molecule has 0 bridgehead atoms. The van der Waals surface area contributed by atoms with Crippen LogP contribution in [0.3, 0.4) is 0 Å². The Labute approximate surface area is 208 Å². The molecular weight excluding hydrogens is 506 g/mol. The van der Waals surface area contributed by atoms with Crippen molar-refractivity contribution in [3.63, 3.8) is 0 Å². The van der Waals surface area contributed by atoms with Crippen molar-refractivity contribution in [2.24, 2.45) is 0 Å². The fraction of sp³-hybridized carbons (Fsp3) is 0.381. The largest absolute Gasteiger partial charge is 0.463 e. The quantitative estimate of drug-likeness (QED) is 0.225. The average molecular weight is 526 g/mol. The maximum absolute atomic E-state index is 12.4. The van der Waals surface area contributed by atoms with Gasteiger partial charge in [0.2, 0.25) is 0 Å². The lowest BCUT2D eigenvalue weighted by Gasteiger charge is -2.14. The molecule has 0 amide bonds. The summed E-state index contributed by atoms with van der Waals surface area (Å²) in [4.78, 5) is 57.5. The number of carbonyl (C=O) groups is 2. The molecule has 2 unspecified atom stereocenters. The molecule has 2 heterocycles. The van der Waals surface area contributed by atoms with Crippen molar-refractivity contribution < 1.29 is 43.6 Å². The minimum Gasteiger partial charge on any atom is -0.463 e. The third-order valence-electron chi connectivity index (χ3n) is 4.98. The van der Waals surface area contributed by atoms with Crippen molar-refractivity contribution in [1.29, 1.82) is 0 Å². The predicted molar refractivity (Wildman–Crippen MR) is 118 cm³/mol. The monoisotopic (exact) mass is 525 g/mol. The maximum Gasteiger partial charge on any atom is 0.311 e. The van der Waals surface area contributed by atoms with Gasteiger partial charge in [-0.05, 0) is 24.6 Å². The molecule has 2 atom stereocenters. The minimum atomic E-state index is -1.52. The summed E-state index contributed by atoms with van der Waals surface area (Å²) >= 11 is 5.95. The summed E-state index contributed by atoms with van der Waals surface area (Å²) in [6, 6.07) is 7.12. The molecule has 0 fully saturated rings. The molecule has 0 N–H and O–H groups in total. The highest BCUT2D eigenvalue weighted by molar-refractivity contribution is 6.30. The van der Waals surface area contributed by atoms with Crippen LogP contribution in [0.25, 0.3) is 0 Å². The zero-order valence-corrected chi connectivity index (χ0v) is 19.5. The number of pyridine rings is 1. The Morgan fingerprint density at radius 2 is 1.83 bits per heavy atom. The Bertz CT molecular complexity index is 1140. The first-order valence-electron chi connectivity index (χ1n) is 10.4. The predicted octanol–water partition coefficient (Wildman–Crippen LogP) is 2.68. The number of rotatable bonds is 12. The second kappa shape index (κ2) is 12.1. The van der Waals surface area contributed by atoms with E-state index >= 15 is 0 Å². The summed E-state index contributed by atoms with van der Waals surface area (Å²) in [5.74, 6) is -1.40. The van der Waals surface area contributed by atoms with Gasteiger partial charge >= 0.3 is 11.9 Å². The highest BCUT2D eigenvalue weighted by Gasteiger charge is 2.30. The zero-order valence-electron chi connectivity index (χ0n) is 18.8. The summed E-state index contributed by atoms with van der Waals surface area (Å²) in [6.45, 7) is 0.324. The van der Waals surface area contributed by atoms with Crippen molar-refractivity contribution in [2.75, 3.05) is 13.2 Å². The lowest BCUT2D eigenvalue weighted by molar-refractivity contribution is -0.790. The SMILES string of the molecule is Cc1ncc2c(c1OC(=O)CCC(=O)OCC(CO[N+](=O)[O-])O[N+](=O)[O-])COC2c1ccc(Cl)cc1. The average Bonchev–Trinajstić information content (AvgIpc) is 3.25. The number of aromatic nitrogens is 1. The van der Waals surface area contributed by atoms with Crippen LogP contribution in [0.5, 0.6) is 5.75 Å². The van der Waals surface area contributed by atoms with Crippen LogP contribution < -0.4 is 4.74 Å². The van der Waals surface area contributed by atoms with Gasteiger partial charge in [0.05, 0.1) is 25.1 Å². The van der Waals surface area contributed by atoms with Crippen molar-refractivity contribution >= 4 is 23.5 Å². The fourth-order valence-corrected chi connectivity index (χ4v) is 3.46. The standard InChI is InChI=1S/C21H20ClN3O11/c1-12-20(17-11-33-21(16(17)8-23-12)13-2-4-14(22)5-3-13)35-19(27)7-6-18(26)32-9-15(36-25(30)31)10-34-24(28)29/h2-5,8,15,21H,6-7,9-11H2,1H3. The Balaban J connectivity index is 1.56. The van der Waals surface area contributed by atoms with E-state index in [-0.39, 0.29) is 18.8 Å². The Hall–Kier alpha value is -4.04. The van der Waals surface area contributed by atoms with Gasteiger partial charge in [0, 0.05) is 22.3 Å². The molecule has 192 valence electrons. The molecule has 1 aromatic carbocycles. The van der Waals surface area contributed by atoms with Crippen LogP contribution in [-0.4, -0.2) is 46.4 Å². The number of aryl methyl sites for hydroxylation is 1. The Morgan fingerprint density at radius 3 is 2.50 bits per heavy atom. The van der Waals surface area contributed by atoms with Crippen LogP contribution in [-0.2, 0) is 35.3 Å². The van der Waals surface area contributed by atoms with E-state index in [1.54, 1.807) is 25.3 Å². The van der Waals surface area contributed by atoms with Gasteiger partial charge in [-0.15, -0.1) is 20.2 Å². The van der Waals surface area contributed by atoms with E-state index in [9.17, 15) is 29.8 Å². The molecule has 1 aromatic heterocycles. The lowest BCUT2D eigenvalue weighted by Crippen LogP contribution is -2.30. The summed E-state index contributed by atoms with van der Waals surface area (Å²) in [7, 11) is 0. The van der Waals surface area contributed by atoms with Crippen LogP contribution in [0.2, 0.25) is 5.02 Å². The summed E-state index contributed by atoms with van der Waals surface area (Å²) < 4.78 is 16.1. The molecule has 0 radical (unpaired) electrons. The van der Waals surface area contributed by atoms with Gasteiger partial charge in [-0.1, -0.05) is 23.7 Å². The summed E-state index contributed by atoms with van der Waals surface area (Å²) in [5, 5.41) is 18.9. The van der Waals surface area contributed by atoms with Crippen LogP contribution in [0.15, 0.2) is 30.5 Å². The molecule has 36 heavy (non-hydrogen) atoms. The number of nitrogens with zero attached hydrogens (tertiary/aromatic N) is 3. The number of esters is 2. The Morgan fingerprint density at radius 1 is 1.14 bits per heavy atom. The second-order valence-electron chi connectivity index (χ2n) is 7.48. The smallest absolute Gasteiger partial charge is 0.311 e. The zero-order chi connectivity index (χ0) is 26.2. The molecular formula is C21H20ClN3O11. The maximum atomic E-state index is 12.4. The van der Waals surface area contributed by atoms with Crippen LogP contribution >= 0.6 is 11.6 Å². The molecule has 0 saturated heterocycles. The van der Waals surface area contributed by atoms with E-state index < -0.39 is 54.0 Å². The molecule has 14 nitrogen and oxygen atoms in total. The molecule has 1 aliphatic rings. The first-order valence-corrected chi connectivity index (χ1v) is 10.8. The van der Waals surface area contributed by atoms with Gasteiger partial charge < -0.3 is 23.9 Å². The Kier molecular flexibility index (Phi) is 8.91. The summed E-state index contributed by atoms with van der Waals surface area (Å²) in [6.07, 6.45) is -1.05. The van der Waals surface area contributed by atoms with Crippen molar-refractivity contribution in [1.82, 2.24) is 4.98 Å². The lowest BCUT2D eigenvalue weighted by atomic mass is 10.0. The molecule has 0 spiro atoms. The molecule has 15 heteroatoms. The number of fused-ring (bicyclic) bond motifs is 1. The van der Waals surface area contributed by atoms with Crippen molar-refractivity contribution in [3.8, 4) is 5.75 Å². The van der Waals surface area contributed by atoms with Crippen molar-refractivity contribution in [3.05, 3.63) is 78.1 Å². The number of ether oxygens (including phenoxy) is 3. The number of benzene rings is 1. The highest BCUT2D eigenvalue weighted by atomic mass is 35.5. The highest BCUT2D eigenvalue weighted by Crippen LogP contribution is 2.41. The van der Waals surface area contributed by atoms with E-state index in [1.807, 2.05) is 12.1 Å². The number of halogens is 1. The van der Waals surface area contributed by atoms with E-state index in [0.29, 0.717) is 16.3 Å². The van der Waals surface area contributed by atoms with Crippen LogP contribution in [0.1, 0.15) is 41.3 Å². The van der Waals surface area contributed by atoms with E-state index in [4.69, 9.17) is 25.8 Å². The molecule has 0 aliphatic carbocycles. The first-order chi connectivity index (χ1) is 17.1. The normalized spacial score (nSPS) is 14.9. The number of hydrogen-bond donors (Lipinski definition) is 0. The van der Waals surface area contributed by atoms with Gasteiger partial charge in [0.25, 0.3) is 10.2 Å². The number of carbonyl (C=O) groups excluding carboxylic acids is 2. The van der Waals surface area contributed by atoms with E-state index in [0.717, 1.165) is 11.1 Å². The second-order valence-corrected chi connectivity index (χ2v) is 7.91. The third kappa shape index (κ3) is 7.23. The summed E-state index contributed by atoms with van der Waals surface area (Å²) in [5.41, 5.74) is 2.70. The minimum absolute atomic E-state index is 0.181. The van der Waals surface area contributed by atoms with Gasteiger partial charge in [-0.25, -0.2) is 0 Å². The van der Waals surface area contributed by atoms with Crippen molar-refractivity contribution in [2.45, 2.75) is 38.6 Å². The third-order valence-corrected chi connectivity index (χ3v) is 5.23. The molecule has 1 aliphatic heterocycles. The van der Waals surface area contributed by atoms with Gasteiger partial charge in [-0.3, -0.25) is 14.6 Å². The van der Waals surface area contributed by atoms with E-state index in [2.05, 4.69) is 14.7 Å². The first kappa shape index (κ1) is 26.6. The van der Waals surface area contributed by atoms with Crippen LogP contribution in [0.4, 0.5) is 0 Å². The van der Waals surface area contributed by atoms with E-state index in [1.165, 1.54) is 0 Å². The molecule has 3 rings (SSSR count). The molecule has 0 saturated carbocycles. The van der Waals surface area contributed by atoms with Gasteiger partial charge in [-0.2, -0.15) is 0 Å².